The number of carbonyl (C=O) groups is 1. The lowest BCUT2D eigenvalue weighted by Gasteiger charge is -2.09. The highest BCUT2D eigenvalue weighted by molar-refractivity contribution is 7.12. The Hall–Kier alpha value is -1.03. The Morgan fingerprint density at radius 1 is 1.05 bits per heavy atom. The first kappa shape index (κ1) is 16.0. The monoisotopic (exact) mass is 284 g/mol. The third-order valence-electron chi connectivity index (χ3n) is 2.85. The number of ether oxygens (including phenoxy) is 2. The summed E-state index contributed by atoms with van der Waals surface area (Å²) in [7, 11) is 0. The summed E-state index contributed by atoms with van der Waals surface area (Å²) in [4.78, 5) is 11.6. The summed E-state index contributed by atoms with van der Waals surface area (Å²) in [6.07, 6.45) is 7.54. The molecule has 19 heavy (non-hydrogen) atoms. The van der Waals surface area contributed by atoms with Crippen LogP contribution in [0, 0.1) is 0 Å². The minimum absolute atomic E-state index is 0.627. The molecular weight excluding hydrogens is 260 g/mol. The maximum Gasteiger partial charge on any atom is 0.182 e. The van der Waals surface area contributed by atoms with Crippen LogP contribution in [0.25, 0.3) is 0 Å². The van der Waals surface area contributed by atoms with Crippen molar-refractivity contribution in [2.75, 3.05) is 13.2 Å². The Morgan fingerprint density at radius 2 is 1.68 bits per heavy atom. The molecule has 0 aliphatic carbocycles. The molecule has 1 aromatic rings. The van der Waals surface area contributed by atoms with E-state index in [1.807, 2.05) is 5.38 Å². The minimum atomic E-state index is 0.627. The highest BCUT2D eigenvalue weighted by atomic mass is 32.1. The molecule has 1 aromatic heterocycles. The van der Waals surface area contributed by atoms with Gasteiger partial charge in [-0.1, -0.05) is 39.5 Å². The van der Waals surface area contributed by atoms with E-state index in [0.29, 0.717) is 23.8 Å². The first-order valence-electron chi connectivity index (χ1n) is 7.15. The van der Waals surface area contributed by atoms with E-state index in [1.54, 1.807) is 0 Å². The molecule has 1 heterocycles. The van der Waals surface area contributed by atoms with Gasteiger partial charge in [0.15, 0.2) is 17.8 Å². The second kappa shape index (κ2) is 9.84. The zero-order chi connectivity index (χ0) is 13.9. The molecule has 1 rings (SSSR count). The second-order valence-electron chi connectivity index (χ2n) is 4.52. The average Bonchev–Trinajstić information content (AvgIpc) is 2.82. The van der Waals surface area contributed by atoms with Crippen molar-refractivity contribution < 1.29 is 14.3 Å². The van der Waals surface area contributed by atoms with Crippen LogP contribution in [-0.2, 0) is 0 Å². The molecule has 3 nitrogen and oxygen atoms in total. The third-order valence-corrected chi connectivity index (χ3v) is 3.71. The van der Waals surface area contributed by atoms with E-state index in [9.17, 15) is 4.79 Å². The maximum atomic E-state index is 11.0. The van der Waals surface area contributed by atoms with E-state index < -0.39 is 0 Å². The molecule has 0 aliphatic rings. The Labute approximate surface area is 119 Å². The van der Waals surface area contributed by atoms with Crippen LogP contribution >= 0.6 is 11.3 Å². The van der Waals surface area contributed by atoms with E-state index in [0.717, 1.165) is 44.1 Å². The van der Waals surface area contributed by atoms with Gasteiger partial charge in [0.1, 0.15) is 4.88 Å². The predicted octanol–water partition coefficient (Wildman–Crippen LogP) is 4.70. The lowest BCUT2D eigenvalue weighted by molar-refractivity contribution is 0.112. The van der Waals surface area contributed by atoms with Crippen LogP contribution in [0.2, 0.25) is 0 Å². The van der Waals surface area contributed by atoms with E-state index in [2.05, 4.69) is 13.8 Å². The summed E-state index contributed by atoms with van der Waals surface area (Å²) in [5, 5.41) is 1.87. The van der Waals surface area contributed by atoms with Crippen molar-refractivity contribution in [1.82, 2.24) is 0 Å². The molecule has 0 bridgehead atoms. The molecule has 0 unspecified atom stereocenters. The van der Waals surface area contributed by atoms with Gasteiger partial charge < -0.3 is 9.47 Å². The number of carbonyl (C=O) groups excluding carboxylic acids is 1. The van der Waals surface area contributed by atoms with Gasteiger partial charge in [-0.05, 0) is 12.8 Å². The van der Waals surface area contributed by atoms with Crippen LogP contribution in [0.4, 0.5) is 0 Å². The summed E-state index contributed by atoms with van der Waals surface area (Å²) < 4.78 is 11.4. The number of rotatable bonds is 11. The zero-order valence-electron chi connectivity index (χ0n) is 11.9. The number of unbranched alkanes of at least 4 members (excludes halogenated alkanes) is 4. The summed E-state index contributed by atoms with van der Waals surface area (Å²) >= 11 is 1.39. The fourth-order valence-corrected chi connectivity index (χ4v) is 2.46. The second-order valence-corrected chi connectivity index (χ2v) is 5.43. The molecule has 0 aromatic carbocycles. The Kier molecular flexibility index (Phi) is 8.30. The van der Waals surface area contributed by atoms with Gasteiger partial charge in [0.05, 0.1) is 13.2 Å². The van der Waals surface area contributed by atoms with Crippen molar-refractivity contribution in [3.05, 3.63) is 10.3 Å². The average molecular weight is 284 g/mol. The smallest absolute Gasteiger partial charge is 0.182 e. The van der Waals surface area contributed by atoms with Gasteiger partial charge in [-0.15, -0.1) is 11.3 Å². The van der Waals surface area contributed by atoms with Crippen molar-refractivity contribution in [3.63, 3.8) is 0 Å². The predicted molar refractivity (Wildman–Crippen MR) is 79.7 cm³/mol. The number of thiophene rings is 1. The summed E-state index contributed by atoms with van der Waals surface area (Å²) in [5.41, 5.74) is 0. The normalized spacial score (nSPS) is 10.4. The van der Waals surface area contributed by atoms with Crippen LogP contribution in [0.1, 0.15) is 62.0 Å². The van der Waals surface area contributed by atoms with Crippen molar-refractivity contribution in [3.8, 4) is 11.5 Å². The first-order valence-corrected chi connectivity index (χ1v) is 8.03. The van der Waals surface area contributed by atoms with Crippen LogP contribution in [-0.4, -0.2) is 19.5 Å². The van der Waals surface area contributed by atoms with E-state index in [4.69, 9.17) is 9.47 Å². The Bertz CT molecular complexity index is 360. The fraction of sp³-hybridized carbons (Fsp3) is 0.667. The van der Waals surface area contributed by atoms with Crippen molar-refractivity contribution in [2.24, 2.45) is 0 Å². The molecule has 0 saturated heterocycles. The van der Waals surface area contributed by atoms with Crippen LogP contribution in [0.3, 0.4) is 0 Å². The number of hydrogen-bond acceptors (Lipinski definition) is 4. The third kappa shape index (κ3) is 5.64. The topological polar surface area (TPSA) is 35.5 Å². The van der Waals surface area contributed by atoms with Gasteiger partial charge in [0, 0.05) is 5.38 Å². The molecule has 0 saturated carbocycles. The largest absolute Gasteiger partial charge is 0.489 e. The lowest BCUT2D eigenvalue weighted by atomic mass is 10.3. The van der Waals surface area contributed by atoms with Crippen molar-refractivity contribution in [1.29, 1.82) is 0 Å². The molecule has 0 spiro atoms. The van der Waals surface area contributed by atoms with Gasteiger partial charge in [0.2, 0.25) is 0 Å². The van der Waals surface area contributed by atoms with Gasteiger partial charge >= 0.3 is 0 Å². The zero-order valence-corrected chi connectivity index (χ0v) is 12.8. The van der Waals surface area contributed by atoms with E-state index in [-0.39, 0.29) is 0 Å². The van der Waals surface area contributed by atoms with Crippen LogP contribution in [0.15, 0.2) is 5.38 Å². The Balaban J connectivity index is 2.49. The summed E-state index contributed by atoms with van der Waals surface area (Å²) in [6.45, 7) is 5.66. The number of aldehydes is 1. The van der Waals surface area contributed by atoms with Gasteiger partial charge in [-0.3, -0.25) is 4.79 Å². The standard InChI is InChI=1S/C15H24O3S/c1-3-5-7-9-17-13-12-19-14(11-16)15(13)18-10-8-6-4-2/h11-12H,3-10H2,1-2H3. The van der Waals surface area contributed by atoms with Gasteiger partial charge in [-0.25, -0.2) is 0 Å². The molecule has 0 atom stereocenters. The molecule has 0 N–H and O–H groups in total. The lowest BCUT2D eigenvalue weighted by Crippen LogP contribution is -2.02. The molecule has 4 heteroatoms. The van der Waals surface area contributed by atoms with Gasteiger partial charge in [-0.2, -0.15) is 0 Å². The first-order chi connectivity index (χ1) is 9.33. The van der Waals surface area contributed by atoms with Gasteiger partial charge in [0.25, 0.3) is 0 Å². The molecule has 0 aliphatic heterocycles. The molecule has 0 radical (unpaired) electrons. The molecule has 108 valence electrons. The highest BCUT2D eigenvalue weighted by Gasteiger charge is 2.14. The van der Waals surface area contributed by atoms with Crippen LogP contribution in [0.5, 0.6) is 11.5 Å². The quantitative estimate of drug-likeness (QED) is 0.436. The molecule has 0 fully saturated rings. The van der Waals surface area contributed by atoms with Crippen molar-refractivity contribution in [2.45, 2.75) is 52.4 Å². The fourth-order valence-electron chi connectivity index (χ4n) is 1.73. The van der Waals surface area contributed by atoms with E-state index in [1.165, 1.54) is 17.8 Å². The summed E-state index contributed by atoms with van der Waals surface area (Å²) in [6, 6.07) is 0. The van der Waals surface area contributed by atoms with Crippen molar-refractivity contribution >= 4 is 17.6 Å². The SMILES string of the molecule is CCCCCOc1csc(C=O)c1OCCCCC. The summed E-state index contributed by atoms with van der Waals surface area (Å²) in [5.74, 6) is 1.35. The van der Waals surface area contributed by atoms with Crippen LogP contribution < -0.4 is 9.47 Å². The molecular formula is C15H24O3S. The number of hydrogen-bond donors (Lipinski definition) is 0. The maximum absolute atomic E-state index is 11.0. The minimum Gasteiger partial charge on any atom is -0.489 e. The Morgan fingerprint density at radius 3 is 2.26 bits per heavy atom. The highest BCUT2D eigenvalue weighted by Crippen LogP contribution is 2.36. The van der Waals surface area contributed by atoms with E-state index >= 15 is 0 Å². The molecule has 0 amide bonds.